The highest BCUT2D eigenvalue weighted by molar-refractivity contribution is 8.00. The van der Waals surface area contributed by atoms with Crippen LogP contribution in [0, 0.1) is 0 Å². The maximum absolute atomic E-state index is 5.69. The van der Waals surface area contributed by atoms with Crippen LogP contribution in [-0.4, -0.2) is 36.3 Å². The standard InChI is InChI=1S/C13H25NOS/c1-2-8-14-12-6-3-7-13(12)16-10-11-5-4-9-15-11/h11-14H,2-10H2,1H3. The summed E-state index contributed by atoms with van der Waals surface area (Å²) >= 11 is 2.15. The lowest BCUT2D eigenvalue weighted by molar-refractivity contribution is 0.128. The van der Waals surface area contributed by atoms with Gasteiger partial charge in [0.2, 0.25) is 0 Å². The van der Waals surface area contributed by atoms with Crippen LogP contribution in [0.3, 0.4) is 0 Å². The van der Waals surface area contributed by atoms with Crippen LogP contribution in [0.4, 0.5) is 0 Å². The normalized spacial score (nSPS) is 34.7. The Morgan fingerprint density at radius 1 is 1.25 bits per heavy atom. The Labute approximate surface area is 104 Å². The van der Waals surface area contributed by atoms with Crippen LogP contribution in [0.1, 0.15) is 45.4 Å². The van der Waals surface area contributed by atoms with Crippen molar-refractivity contribution in [1.82, 2.24) is 5.32 Å². The molecule has 0 bridgehead atoms. The van der Waals surface area contributed by atoms with Gasteiger partial charge >= 0.3 is 0 Å². The van der Waals surface area contributed by atoms with E-state index in [1.165, 1.54) is 50.8 Å². The highest BCUT2D eigenvalue weighted by atomic mass is 32.2. The second-order valence-corrected chi connectivity index (χ2v) is 6.27. The zero-order valence-corrected chi connectivity index (χ0v) is 11.2. The minimum atomic E-state index is 0.553. The van der Waals surface area contributed by atoms with Gasteiger partial charge in [-0.15, -0.1) is 0 Å². The molecule has 0 radical (unpaired) electrons. The Bertz CT molecular complexity index is 194. The van der Waals surface area contributed by atoms with Crippen molar-refractivity contribution in [1.29, 1.82) is 0 Å². The van der Waals surface area contributed by atoms with E-state index in [0.29, 0.717) is 6.10 Å². The second kappa shape index (κ2) is 6.87. The van der Waals surface area contributed by atoms with Gasteiger partial charge in [0.1, 0.15) is 0 Å². The van der Waals surface area contributed by atoms with E-state index in [1.54, 1.807) is 0 Å². The van der Waals surface area contributed by atoms with Gasteiger partial charge in [-0.05, 0) is 38.6 Å². The van der Waals surface area contributed by atoms with E-state index in [9.17, 15) is 0 Å². The third-order valence-corrected chi connectivity index (χ3v) is 5.19. The molecule has 2 fully saturated rings. The van der Waals surface area contributed by atoms with Gasteiger partial charge in [-0.25, -0.2) is 0 Å². The van der Waals surface area contributed by atoms with Crippen molar-refractivity contribution in [2.75, 3.05) is 18.9 Å². The molecule has 0 amide bonds. The molecule has 0 aromatic rings. The molecule has 0 spiro atoms. The van der Waals surface area contributed by atoms with Gasteiger partial charge in [0, 0.05) is 23.7 Å². The smallest absolute Gasteiger partial charge is 0.0666 e. The second-order valence-electron chi connectivity index (χ2n) is 5.00. The van der Waals surface area contributed by atoms with Gasteiger partial charge in [0.05, 0.1) is 6.10 Å². The molecule has 16 heavy (non-hydrogen) atoms. The maximum Gasteiger partial charge on any atom is 0.0666 e. The molecule has 0 aromatic carbocycles. The van der Waals surface area contributed by atoms with Crippen LogP contribution in [0.5, 0.6) is 0 Å². The lowest BCUT2D eigenvalue weighted by atomic mass is 10.2. The highest BCUT2D eigenvalue weighted by Crippen LogP contribution is 2.32. The minimum absolute atomic E-state index is 0.553. The third kappa shape index (κ3) is 3.64. The monoisotopic (exact) mass is 243 g/mol. The SMILES string of the molecule is CCCNC1CCCC1SCC1CCCO1. The first-order chi connectivity index (χ1) is 7.90. The molecular weight excluding hydrogens is 218 g/mol. The number of ether oxygens (including phenoxy) is 1. The number of hydrogen-bond donors (Lipinski definition) is 1. The van der Waals surface area contributed by atoms with E-state index in [-0.39, 0.29) is 0 Å². The van der Waals surface area contributed by atoms with Crippen LogP contribution >= 0.6 is 11.8 Å². The van der Waals surface area contributed by atoms with Gasteiger partial charge in [-0.3, -0.25) is 0 Å². The van der Waals surface area contributed by atoms with E-state index in [2.05, 4.69) is 24.0 Å². The van der Waals surface area contributed by atoms with Crippen LogP contribution in [-0.2, 0) is 4.74 Å². The molecule has 1 aliphatic heterocycles. The molecule has 3 atom stereocenters. The average molecular weight is 243 g/mol. The largest absolute Gasteiger partial charge is 0.377 e. The lowest BCUT2D eigenvalue weighted by Gasteiger charge is -2.21. The Kier molecular flexibility index (Phi) is 5.46. The first-order valence-corrected chi connectivity index (χ1v) is 7.91. The van der Waals surface area contributed by atoms with Gasteiger partial charge in [0.15, 0.2) is 0 Å². The van der Waals surface area contributed by atoms with Gasteiger partial charge in [0.25, 0.3) is 0 Å². The van der Waals surface area contributed by atoms with E-state index < -0.39 is 0 Å². The molecule has 94 valence electrons. The summed E-state index contributed by atoms with van der Waals surface area (Å²) in [6, 6.07) is 0.770. The van der Waals surface area contributed by atoms with E-state index in [0.717, 1.165) is 17.9 Å². The van der Waals surface area contributed by atoms with Crippen molar-refractivity contribution in [3.8, 4) is 0 Å². The molecule has 1 N–H and O–H groups in total. The van der Waals surface area contributed by atoms with E-state index in [1.807, 2.05) is 0 Å². The minimum Gasteiger partial charge on any atom is -0.377 e. The Balaban J connectivity index is 1.66. The summed E-state index contributed by atoms with van der Waals surface area (Å²) in [7, 11) is 0. The summed E-state index contributed by atoms with van der Waals surface area (Å²) < 4.78 is 5.69. The molecule has 2 rings (SSSR count). The number of thioether (sulfide) groups is 1. The van der Waals surface area contributed by atoms with E-state index >= 15 is 0 Å². The molecule has 2 aliphatic rings. The summed E-state index contributed by atoms with van der Waals surface area (Å²) in [5.41, 5.74) is 0. The first-order valence-electron chi connectivity index (χ1n) is 6.86. The average Bonchev–Trinajstić information content (AvgIpc) is 2.94. The molecule has 3 unspecified atom stereocenters. The molecule has 2 nitrogen and oxygen atoms in total. The molecule has 1 aliphatic carbocycles. The molecule has 1 saturated carbocycles. The summed E-state index contributed by atoms with van der Waals surface area (Å²) in [5, 5.41) is 4.54. The summed E-state index contributed by atoms with van der Waals surface area (Å²) in [6.07, 6.45) is 8.55. The van der Waals surface area contributed by atoms with Gasteiger partial charge in [-0.1, -0.05) is 13.3 Å². The summed E-state index contributed by atoms with van der Waals surface area (Å²) in [6.45, 7) is 4.42. The zero-order chi connectivity index (χ0) is 11.2. The van der Waals surface area contributed by atoms with Crippen LogP contribution in [0.25, 0.3) is 0 Å². The number of rotatable bonds is 6. The van der Waals surface area contributed by atoms with E-state index in [4.69, 9.17) is 4.74 Å². The van der Waals surface area contributed by atoms with Gasteiger partial charge in [-0.2, -0.15) is 11.8 Å². The van der Waals surface area contributed by atoms with Crippen molar-refractivity contribution in [2.45, 2.75) is 62.8 Å². The highest BCUT2D eigenvalue weighted by Gasteiger charge is 2.28. The topological polar surface area (TPSA) is 21.3 Å². The fourth-order valence-corrected chi connectivity index (χ4v) is 4.22. The molecular formula is C13H25NOS. The Morgan fingerprint density at radius 3 is 2.94 bits per heavy atom. The number of hydrogen-bond acceptors (Lipinski definition) is 3. The third-order valence-electron chi connectivity index (χ3n) is 3.63. The lowest BCUT2D eigenvalue weighted by Crippen LogP contribution is -2.35. The molecule has 3 heteroatoms. The zero-order valence-electron chi connectivity index (χ0n) is 10.4. The predicted molar refractivity (Wildman–Crippen MR) is 71.2 cm³/mol. The molecule has 1 saturated heterocycles. The Morgan fingerprint density at radius 2 is 2.19 bits per heavy atom. The van der Waals surface area contributed by atoms with Crippen LogP contribution < -0.4 is 5.32 Å². The van der Waals surface area contributed by atoms with Crippen LogP contribution in [0.2, 0.25) is 0 Å². The summed E-state index contributed by atoms with van der Waals surface area (Å²) in [4.78, 5) is 0. The molecule has 1 heterocycles. The maximum atomic E-state index is 5.69. The van der Waals surface area contributed by atoms with Crippen molar-refractivity contribution >= 4 is 11.8 Å². The van der Waals surface area contributed by atoms with Crippen molar-refractivity contribution in [3.63, 3.8) is 0 Å². The van der Waals surface area contributed by atoms with Gasteiger partial charge < -0.3 is 10.1 Å². The van der Waals surface area contributed by atoms with Crippen molar-refractivity contribution in [2.24, 2.45) is 0 Å². The summed E-state index contributed by atoms with van der Waals surface area (Å²) in [5.74, 6) is 1.22. The Hall–Kier alpha value is 0.270. The predicted octanol–water partition coefficient (Wildman–Crippen LogP) is 2.82. The fraction of sp³-hybridized carbons (Fsp3) is 1.00. The van der Waals surface area contributed by atoms with Crippen molar-refractivity contribution in [3.05, 3.63) is 0 Å². The first kappa shape index (κ1) is 12.7. The van der Waals surface area contributed by atoms with Crippen LogP contribution in [0.15, 0.2) is 0 Å². The molecule has 0 aromatic heterocycles. The fourth-order valence-electron chi connectivity index (χ4n) is 2.70. The number of nitrogens with one attached hydrogen (secondary N) is 1. The quantitative estimate of drug-likeness (QED) is 0.775. The van der Waals surface area contributed by atoms with Crippen molar-refractivity contribution < 1.29 is 4.74 Å².